The van der Waals surface area contributed by atoms with E-state index >= 15 is 0 Å². The van der Waals surface area contributed by atoms with Gasteiger partial charge in [-0.3, -0.25) is 0 Å². The van der Waals surface area contributed by atoms with Gasteiger partial charge >= 0.3 is 0 Å². The number of nitrogens with zero attached hydrogens (tertiary/aromatic N) is 1. The van der Waals surface area contributed by atoms with E-state index in [2.05, 4.69) is 43.0 Å². The van der Waals surface area contributed by atoms with Crippen molar-refractivity contribution in [2.75, 3.05) is 26.7 Å². The second kappa shape index (κ2) is 7.61. The van der Waals surface area contributed by atoms with Gasteiger partial charge in [-0.25, -0.2) is 0 Å². The van der Waals surface area contributed by atoms with Gasteiger partial charge in [0.15, 0.2) is 0 Å². The smallest absolute Gasteiger partial charge is 0.130 e. The van der Waals surface area contributed by atoms with Crippen molar-refractivity contribution in [2.24, 2.45) is 0 Å². The summed E-state index contributed by atoms with van der Waals surface area (Å²) in [5.41, 5.74) is 4.45. The molecular weight excluding hydrogens is 350 g/mol. The molecule has 1 atom stereocenters. The van der Waals surface area contributed by atoms with Crippen LogP contribution in [0.3, 0.4) is 0 Å². The number of methoxy groups -OCH3 is 1. The van der Waals surface area contributed by atoms with Crippen molar-refractivity contribution < 1.29 is 14.6 Å². The molecule has 4 nitrogen and oxygen atoms in total. The van der Waals surface area contributed by atoms with Crippen molar-refractivity contribution in [3.63, 3.8) is 0 Å². The van der Waals surface area contributed by atoms with Gasteiger partial charge in [-0.1, -0.05) is 18.2 Å². The van der Waals surface area contributed by atoms with Crippen LogP contribution in [-0.4, -0.2) is 42.4 Å². The van der Waals surface area contributed by atoms with E-state index in [1.54, 1.807) is 7.11 Å². The van der Waals surface area contributed by atoms with Gasteiger partial charge in [-0.15, -0.1) is 0 Å². The van der Waals surface area contributed by atoms with Crippen molar-refractivity contribution in [1.29, 1.82) is 0 Å². The summed E-state index contributed by atoms with van der Waals surface area (Å²) >= 11 is 0. The molecule has 1 spiro atoms. The van der Waals surface area contributed by atoms with Crippen LogP contribution < -0.4 is 9.47 Å². The fourth-order valence-electron chi connectivity index (χ4n) is 4.08. The molecule has 0 aliphatic carbocycles. The first-order valence-electron chi connectivity index (χ1n) is 10.0. The molecule has 0 aromatic heterocycles. The third kappa shape index (κ3) is 3.80. The highest BCUT2D eigenvalue weighted by molar-refractivity contribution is 5.63. The molecule has 0 radical (unpaired) electrons. The van der Waals surface area contributed by atoms with Crippen LogP contribution in [0.1, 0.15) is 41.2 Å². The highest BCUT2D eigenvalue weighted by Gasteiger charge is 2.37. The lowest BCUT2D eigenvalue weighted by Gasteiger charge is -2.42. The number of piperidine rings is 1. The van der Waals surface area contributed by atoms with Gasteiger partial charge in [0, 0.05) is 38.0 Å². The van der Waals surface area contributed by atoms with Crippen LogP contribution in [0.15, 0.2) is 42.5 Å². The number of rotatable bonds is 4. The van der Waals surface area contributed by atoms with E-state index in [4.69, 9.17) is 9.47 Å². The van der Waals surface area contributed by atoms with Gasteiger partial charge in [0.2, 0.25) is 0 Å². The fourth-order valence-corrected chi connectivity index (χ4v) is 4.08. The van der Waals surface area contributed by atoms with E-state index < -0.39 is 6.10 Å². The number of aryl methyl sites for hydroxylation is 2. The normalized spacial score (nSPS) is 19.1. The maximum absolute atomic E-state index is 10.6. The summed E-state index contributed by atoms with van der Waals surface area (Å²) in [6, 6.07) is 12.0. The summed E-state index contributed by atoms with van der Waals surface area (Å²) in [7, 11) is 1.65. The maximum atomic E-state index is 10.6. The number of ether oxygens (including phenoxy) is 2. The first-order valence-corrected chi connectivity index (χ1v) is 10.0. The third-order valence-electron chi connectivity index (χ3n) is 6.14. The van der Waals surface area contributed by atoms with Crippen molar-refractivity contribution in [3.05, 3.63) is 64.7 Å². The van der Waals surface area contributed by atoms with Gasteiger partial charge in [-0.05, 0) is 60.9 Å². The van der Waals surface area contributed by atoms with Crippen molar-refractivity contribution in [2.45, 2.75) is 38.4 Å². The molecule has 2 aromatic carbocycles. The predicted octanol–water partition coefficient (Wildman–Crippen LogP) is 4.29. The standard InChI is InChI=1S/C24H29NO3/c1-17-14-20-8-9-24(28-23(20)15-18(17)2)10-12-25(13-11-24)16-22(26)19-4-6-21(27-3)7-5-19/h4-9,14-15,22,26H,10-13,16H2,1-3H3. The molecule has 1 fully saturated rings. The molecule has 4 heteroatoms. The largest absolute Gasteiger partial charge is 0.497 e. The quantitative estimate of drug-likeness (QED) is 0.861. The molecule has 0 bridgehead atoms. The maximum Gasteiger partial charge on any atom is 0.130 e. The monoisotopic (exact) mass is 379 g/mol. The van der Waals surface area contributed by atoms with E-state index in [1.165, 1.54) is 16.7 Å². The summed E-state index contributed by atoms with van der Waals surface area (Å²) in [5.74, 6) is 1.81. The molecule has 0 amide bonds. The Morgan fingerprint density at radius 3 is 2.46 bits per heavy atom. The molecule has 148 valence electrons. The second-order valence-electron chi connectivity index (χ2n) is 8.06. The average Bonchev–Trinajstić information content (AvgIpc) is 2.71. The summed E-state index contributed by atoms with van der Waals surface area (Å²) in [5, 5.41) is 10.6. The Bertz CT molecular complexity index is 864. The molecule has 2 heterocycles. The molecule has 1 unspecified atom stereocenters. The zero-order chi connectivity index (χ0) is 19.7. The Labute approximate surface area is 167 Å². The summed E-state index contributed by atoms with van der Waals surface area (Å²) in [4.78, 5) is 2.33. The van der Waals surface area contributed by atoms with Crippen LogP contribution in [-0.2, 0) is 0 Å². The van der Waals surface area contributed by atoms with E-state index in [1.807, 2.05) is 24.3 Å². The van der Waals surface area contributed by atoms with Gasteiger partial charge in [0.1, 0.15) is 17.1 Å². The fraction of sp³-hybridized carbons (Fsp3) is 0.417. The predicted molar refractivity (Wildman–Crippen MR) is 112 cm³/mol. The Hall–Kier alpha value is -2.30. The Morgan fingerprint density at radius 2 is 1.79 bits per heavy atom. The zero-order valence-electron chi connectivity index (χ0n) is 16.9. The third-order valence-corrected chi connectivity index (χ3v) is 6.14. The first-order chi connectivity index (χ1) is 13.5. The SMILES string of the molecule is COc1ccc(C(O)CN2CCC3(C=Cc4cc(C)c(C)cc4O3)CC2)cc1. The van der Waals surface area contributed by atoms with Gasteiger partial charge in [-0.2, -0.15) is 0 Å². The minimum atomic E-state index is -0.492. The van der Waals surface area contributed by atoms with Crippen LogP contribution in [0.2, 0.25) is 0 Å². The highest BCUT2D eigenvalue weighted by Crippen LogP contribution is 2.38. The Morgan fingerprint density at radius 1 is 1.11 bits per heavy atom. The van der Waals surface area contributed by atoms with Crippen LogP contribution in [0, 0.1) is 13.8 Å². The minimum Gasteiger partial charge on any atom is -0.497 e. The summed E-state index contributed by atoms with van der Waals surface area (Å²) < 4.78 is 11.7. The van der Waals surface area contributed by atoms with Crippen LogP contribution >= 0.6 is 0 Å². The van der Waals surface area contributed by atoms with Crippen LogP contribution in [0.4, 0.5) is 0 Å². The summed E-state index contributed by atoms with van der Waals surface area (Å²) in [6.07, 6.45) is 5.83. The van der Waals surface area contributed by atoms with E-state index in [0.717, 1.165) is 43.0 Å². The van der Waals surface area contributed by atoms with Crippen LogP contribution in [0.5, 0.6) is 11.5 Å². The molecule has 1 N–H and O–H groups in total. The molecule has 4 rings (SSSR count). The number of β-amino-alcohol motifs (C(OH)–C–C–N with tert-alkyl or cyclic N) is 1. The number of aliphatic hydroxyl groups is 1. The molecule has 2 aliphatic rings. The highest BCUT2D eigenvalue weighted by atomic mass is 16.5. The van der Waals surface area contributed by atoms with Crippen LogP contribution in [0.25, 0.3) is 6.08 Å². The molecule has 2 aromatic rings. The van der Waals surface area contributed by atoms with Gasteiger partial charge in [0.05, 0.1) is 13.2 Å². The number of hydrogen-bond donors (Lipinski definition) is 1. The average molecular weight is 380 g/mol. The number of likely N-dealkylation sites (tertiary alicyclic amines) is 1. The lowest BCUT2D eigenvalue weighted by molar-refractivity contribution is 0.0201. The molecule has 0 saturated carbocycles. The van der Waals surface area contributed by atoms with Gasteiger partial charge in [0.25, 0.3) is 0 Å². The minimum absolute atomic E-state index is 0.212. The first kappa shape index (κ1) is 19.0. The van der Waals surface area contributed by atoms with Crippen molar-refractivity contribution in [1.82, 2.24) is 4.90 Å². The Balaban J connectivity index is 1.37. The van der Waals surface area contributed by atoms with E-state index in [-0.39, 0.29) is 5.60 Å². The van der Waals surface area contributed by atoms with Crippen molar-refractivity contribution in [3.8, 4) is 11.5 Å². The van der Waals surface area contributed by atoms with Crippen molar-refractivity contribution >= 4 is 6.08 Å². The number of aliphatic hydroxyl groups excluding tert-OH is 1. The molecule has 28 heavy (non-hydrogen) atoms. The van der Waals surface area contributed by atoms with E-state index in [9.17, 15) is 5.11 Å². The van der Waals surface area contributed by atoms with Gasteiger partial charge < -0.3 is 19.5 Å². The zero-order valence-corrected chi connectivity index (χ0v) is 16.9. The topological polar surface area (TPSA) is 41.9 Å². The molecular formula is C24H29NO3. The molecule has 1 saturated heterocycles. The number of hydrogen-bond acceptors (Lipinski definition) is 4. The molecule has 2 aliphatic heterocycles. The van der Waals surface area contributed by atoms with E-state index in [0.29, 0.717) is 6.54 Å². The lowest BCUT2D eigenvalue weighted by Crippen LogP contribution is -2.48. The number of fused-ring (bicyclic) bond motifs is 1. The number of benzene rings is 2. The lowest BCUT2D eigenvalue weighted by atomic mass is 9.87. The second-order valence-corrected chi connectivity index (χ2v) is 8.06. The Kier molecular flexibility index (Phi) is 5.17. The summed E-state index contributed by atoms with van der Waals surface area (Å²) in [6.45, 7) is 6.74.